The van der Waals surface area contributed by atoms with Gasteiger partial charge in [0.25, 0.3) is 0 Å². The van der Waals surface area contributed by atoms with Gasteiger partial charge >= 0.3 is 0 Å². The van der Waals surface area contributed by atoms with Gasteiger partial charge in [0.2, 0.25) is 0 Å². The molecule has 0 saturated carbocycles. The molecule has 4 aromatic carbocycles. The van der Waals surface area contributed by atoms with Crippen LogP contribution in [0.2, 0.25) is 0 Å². The van der Waals surface area contributed by atoms with E-state index in [2.05, 4.69) is 156 Å². The summed E-state index contributed by atoms with van der Waals surface area (Å²) in [6.45, 7) is 17.7. The number of rotatable bonds is 8. The maximum Gasteiger partial charge on any atom is 0.137 e. The first-order chi connectivity index (χ1) is 23.4. The molecule has 0 spiro atoms. The third-order valence-corrected chi connectivity index (χ3v) is 9.51. The predicted molar refractivity (Wildman–Crippen MR) is 204 cm³/mol. The Morgan fingerprint density at radius 1 is 0.755 bits per heavy atom. The second-order valence-corrected chi connectivity index (χ2v) is 15.0. The Kier molecular flexibility index (Phi) is 8.40. The molecule has 0 saturated heterocycles. The van der Waals surface area contributed by atoms with Crippen LogP contribution in [0.1, 0.15) is 75.0 Å². The standard InChI is InChI=1S/C44H46N4O/c1-28(2)34-14-17-40-39(25-34)38-16-15-36(27-41(38)47(40)42-22-29(3)19-21-45-42)49-37-24-32(18-20-44(6,7)8)23-35(26-37)48-31(5)43(30(4)46-48)33-12-10-9-11-13-33/h9-17,19,21-28H,18,20H2,1-8H3. The monoisotopic (exact) mass is 646 g/mol. The van der Waals surface area contributed by atoms with Gasteiger partial charge in [0.05, 0.1) is 22.4 Å². The minimum Gasteiger partial charge on any atom is -0.457 e. The van der Waals surface area contributed by atoms with E-state index >= 15 is 0 Å². The average Bonchev–Trinajstić information content (AvgIpc) is 3.55. The van der Waals surface area contributed by atoms with E-state index in [1.54, 1.807) is 0 Å². The summed E-state index contributed by atoms with van der Waals surface area (Å²) in [6, 6.07) is 34.5. The van der Waals surface area contributed by atoms with Crippen LogP contribution in [0.5, 0.6) is 11.5 Å². The van der Waals surface area contributed by atoms with Crippen molar-refractivity contribution in [3.05, 3.63) is 131 Å². The van der Waals surface area contributed by atoms with Crippen LogP contribution in [0, 0.1) is 26.2 Å². The highest BCUT2D eigenvalue weighted by Crippen LogP contribution is 2.38. The second-order valence-electron chi connectivity index (χ2n) is 15.0. The van der Waals surface area contributed by atoms with Crippen molar-refractivity contribution in [1.29, 1.82) is 0 Å². The molecular weight excluding hydrogens is 601 g/mol. The number of hydrogen-bond donors (Lipinski definition) is 0. The highest BCUT2D eigenvalue weighted by atomic mass is 16.5. The van der Waals surface area contributed by atoms with Crippen LogP contribution in [0.3, 0.4) is 0 Å². The Balaban J connectivity index is 1.35. The van der Waals surface area contributed by atoms with Crippen LogP contribution in [-0.2, 0) is 6.42 Å². The molecule has 3 heterocycles. The minimum atomic E-state index is 0.216. The molecule has 49 heavy (non-hydrogen) atoms. The van der Waals surface area contributed by atoms with E-state index in [0.29, 0.717) is 5.92 Å². The fraction of sp³-hybridized carbons (Fsp3) is 0.273. The lowest BCUT2D eigenvalue weighted by Gasteiger charge is -2.19. The summed E-state index contributed by atoms with van der Waals surface area (Å²) in [6.07, 6.45) is 3.90. The van der Waals surface area contributed by atoms with Gasteiger partial charge in [-0.15, -0.1) is 0 Å². The lowest BCUT2D eigenvalue weighted by atomic mass is 9.88. The minimum absolute atomic E-state index is 0.216. The molecular formula is C44H46N4O. The fourth-order valence-corrected chi connectivity index (χ4v) is 6.87. The van der Waals surface area contributed by atoms with Crippen LogP contribution in [0.25, 0.3) is 44.4 Å². The van der Waals surface area contributed by atoms with Crippen LogP contribution >= 0.6 is 0 Å². The van der Waals surface area contributed by atoms with E-state index in [1.165, 1.54) is 38.6 Å². The fourth-order valence-electron chi connectivity index (χ4n) is 6.87. The first-order valence-electron chi connectivity index (χ1n) is 17.4. The first kappa shape index (κ1) is 32.4. The zero-order valence-corrected chi connectivity index (χ0v) is 30.0. The van der Waals surface area contributed by atoms with Gasteiger partial charge in [0.15, 0.2) is 0 Å². The molecule has 0 bridgehead atoms. The lowest BCUT2D eigenvalue weighted by molar-refractivity contribution is 0.378. The molecule has 0 amide bonds. The zero-order chi connectivity index (χ0) is 34.4. The van der Waals surface area contributed by atoms with Gasteiger partial charge in [-0.05, 0) is 116 Å². The van der Waals surface area contributed by atoms with E-state index < -0.39 is 0 Å². The molecule has 0 fully saturated rings. The van der Waals surface area contributed by atoms with Crippen LogP contribution < -0.4 is 4.74 Å². The van der Waals surface area contributed by atoms with Crippen LogP contribution in [-0.4, -0.2) is 19.3 Å². The summed E-state index contributed by atoms with van der Waals surface area (Å²) >= 11 is 0. The lowest BCUT2D eigenvalue weighted by Crippen LogP contribution is -2.07. The molecule has 0 aliphatic carbocycles. The summed E-state index contributed by atoms with van der Waals surface area (Å²) in [7, 11) is 0. The predicted octanol–water partition coefficient (Wildman–Crippen LogP) is 11.9. The molecule has 7 rings (SSSR count). The van der Waals surface area contributed by atoms with Gasteiger partial charge in [-0.1, -0.05) is 71.0 Å². The van der Waals surface area contributed by atoms with Crippen molar-refractivity contribution < 1.29 is 4.74 Å². The van der Waals surface area contributed by atoms with E-state index in [-0.39, 0.29) is 5.41 Å². The zero-order valence-electron chi connectivity index (χ0n) is 30.0. The summed E-state index contributed by atoms with van der Waals surface area (Å²) in [5, 5.41) is 7.45. The van der Waals surface area contributed by atoms with Gasteiger partial charge in [0.1, 0.15) is 17.3 Å². The summed E-state index contributed by atoms with van der Waals surface area (Å²) in [5.41, 5.74) is 11.6. The molecule has 3 aromatic heterocycles. The normalized spacial score (nSPS) is 12.0. The molecule has 0 N–H and O–H groups in total. The number of ether oxygens (including phenoxy) is 1. The molecule has 7 aromatic rings. The van der Waals surface area contributed by atoms with Gasteiger partial charge in [-0.25, -0.2) is 9.67 Å². The molecule has 0 aliphatic rings. The van der Waals surface area contributed by atoms with Crippen molar-refractivity contribution in [3.8, 4) is 34.1 Å². The summed E-state index contributed by atoms with van der Waals surface area (Å²) < 4.78 is 11.1. The molecule has 0 aliphatic heterocycles. The van der Waals surface area contributed by atoms with Gasteiger partial charge in [-0.3, -0.25) is 4.57 Å². The number of aryl methyl sites for hydroxylation is 3. The number of aromatic nitrogens is 4. The highest BCUT2D eigenvalue weighted by molar-refractivity contribution is 6.09. The first-order valence-corrected chi connectivity index (χ1v) is 17.4. The van der Waals surface area contributed by atoms with Crippen molar-refractivity contribution in [2.75, 3.05) is 0 Å². The maximum absolute atomic E-state index is 6.78. The van der Waals surface area contributed by atoms with Crippen LogP contribution in [0.15, 0.2) is 103 Å². The third-order valence-electron chi connectivity index (χ3n) is 9.51. The second kappa shape index (κ2) is 12.7. The molecule has 0 atom stereocenters. The van der Waals surface area contributed by atoms with Crippen molar-refractivity contribution in [2.24, 2.45) is 5.41 Å². The van der Waals surface area contributed by atoms with E-state index in [4.69, 9.17) is 14.8 Å². The Labute approximate surface area is 290 Å². The number of benzene rings is 4. The molecule has 5 heteroatoms. The average molecular weight is 647 g/mol. The van der Waals surface area contributed by atoms with E-state index in [9.17, 15) is 0 Å². The highest BCUT2D eigenvalue weighted by Gasteiger charge is 2.19. The SMILES string of the molecule is Cc1ccnc(-n2c3ccc(C(C)C)cc3c3ccc(Oc4cc(CCC(C)(C)C)cc(-n5nc(C)c(-c6ccccc6)c5C)c4)cc32)c1. The number of nitrogens with zero attached hydrogens (tertiary/aromatic N) is 4. The third kappa shape index (κ3) is 6.50. The van der Waals surface area contributed by atoms with Crippen molar-refractivity contribution in [2.45, 2.75) is 74.1 Å². The summed E-state index contributed by atoms with van der Waals surface area (Å²) in [4.78, 5) is 4.80. The molecule has 0 unspecified atom stereocenters. The number of pyridine rings is 1. The largest absolute Gasteiger partial charge is 0.457 e. The van der Waals surface area contributed by atoms with E-state index in [0.717, 1.165) is 58.3 Å². The van der Waals surface area contributed by atoms with Gasteiger partial charge in [-0.2, -0.15) is 5.10 Å². The van der Waals surface area contributed by atoms with Gasteiger partial charge < -0.3 is 4.74 Å². The van der Waals surface area contributed by atoms with Crippen molar-refractivity contribution in [1.82, 2.24) is 19.3 Å². The maximum atomic E-state index is 6.78. The molecule has 248 valence electrons. The quantitative estimate of drug-likeness (QED) is 0.165. The molecule has 5 nitrogen and oxygen atoms in total. The van der Waals surface area contributed by atoms with Gasteiger partial charge in [0, 0.05) is 40.4 Å². The topological polar surface area (TPSA) is 44.9 Å². The Morgan fingerprint density at radius 2 is 1.55 bits per heavy atom. The van der Waals surface area contributed by atoms with Crippen molar-refractivity contribution >= 4 is 21.8 Å². The smallest absolute Gasteiger partial charge is 0.137 e. The Morgan fingerprint density at radius 3 is 2.29 bits per heavy atom. The Hall–Kier alpha value is -5.16. The Bertz CT molecular complexity index is 2300. The summed E-state index contributed by atoms with van der Waals surface area (Å²) in [5.74, 6) is 2.92. The number of fused-ring (bicyclic) bond motifs is 3. The number of hydrogen-bond acceptors (Lipinski definition) is 3. The van der Waals surface area contributed by atoms with Crippen molar-refractivity contribution in [3.63, 3.8) is 0 Å². The van der Waals surface area contributed by atoms with Crippen LogP contribution in [0.4, 0.5) is 0 Å². The molecule has 0 radical (unpaired) electrons. The van der Waals surface area contributed by atoms with E-state index in [1.807, 2.05) is 12.3 Å².